The molecule has 6 heteroatoms. The summed E-state index contributed by atoms with van der Waals surface area (Å²) in [4.78, 5) is 8.09. The van der Waals surface area contributed by atoms with Crippen molar-refractivity contribution in [2.75, 3.05) is 11.1 Å². The van der Waals surface area contributed by atoms with Gasteiger partial charge in [-0.1, -0.05) is 0 Å². The Balaban J connectivity index is 2.14. The summed E-state index contributed by atoms with van der Waals surface area (Å²) >= 11 is 0. The lowest BCUT2D eigenvalue weighted by Crippen LogP contribution is -2.01. The van der Waals surface area contributed by atoms with Crippen LogP contribution in [-0.4, -0.2) is 19.7 Å². The van der Waals surface area contributed by atoms with Crippen LogP contribution in [0, 0.1) is 0 Å². The number of nitrogens with zero attached hydrogens (tertiary/aromatic N) is 4. The van der Waals surface area contributed by atoms with Crippen LogP contribution in [0.5, 0.6) is 0 Å². The van der Waals surface area contributed by atoms with Gasteiger partial charge in [-0.15, -0.1) is 0 Å². The number of hydrogen-bond donors (Lipinski definition) is 2. The summed E-state index contributed by atoms with van der Waals surface area (Å²) in [5, 5.41) is 7.24. The molecule has 0 aliphatic rings. The maximum absolute atomic E-state index is 5.55. The number of hydrogen-bond acceptors (Lipinski definition) is 5. The first kappa shape index (κ1) is 10.4. The fourth-order valence-corrected chi connectivity index (χ4v) is 1.25. The van der Waals surface area contributed by atoms with E-state index in [4.69, 9.17) is 5.73 Å². The highest BCUT2D eigenvalue weighted by molar-refractivity contribution is 5.51. The smallest absolute Gasteiger partial charge is 0.229 e. The highest BCUT2D eigenvalue weighted by atomic mass is 15.3. The van der Waals surface area contributed by atoms with Crippen molar-refractivity contribution in [3.8, 4) is 0 Å². The van der Waals surface area contributed by atoms with E-state index in [1.54, 1.807) is 18.5 Å². The van der Waals surface area contributed by atoms with Crippen LogP contribution in [-0.2, 0) is 0 Å². The second-order valence-corrected chi connectivity index (χ2v) is 3.73. The number of anilines is 3. The molecule has 2 rings (SSSR count). The molecule has 0 aromatic carbocycles. The van der Waals surface area contributed by atoms with Gasteiger partial charge in [0.2, 0.25) is 5.95 Å². The van der Waals surface area contributed by atoms with Gasteiger partial charge >= 0.3 is 0 Å². The third-order valence-corrected chi connectivity index (χ3v) is 2.06. The first-order valence-corrected chi connectivity index (χ1v) is 5.05. The molecule has 3 N–H and O–H groups in total. The molecule has 2 aromatic rings. The molecular formula is C10H14N6. The molecule has 0 aliphatic carbocycles. The topological polar surface area (TPSA) is 81.7 Å². The second-order valence-electron chi connectivity index (χ2n) is 3.73. The largest absolute Gasteiger partial charge is 0.384 e. The third kappa shape index (κ3) is 2.28. The molecule has 2 heterocycles. The van der Waals surface area contributed by atoms with Crippen LogP contribution in [0.15, 0.2) is 24.7 Å². The molecule has 2 aromatic heterocycles. The summed E-state index contributed by atoms with van der Waals surface area (Å²) < 4.78 is 1.86. The van der Waals surface area contributed by atoms with Crippen molar-refractivity contribution in [1.82, 2.24) is 19.7 Å². The van der Waals surface area contributed by atoms with Crippen molar-refractivity contribution in [1.29, 1.82) is 0 Å². The van der Waals surface area contributed by atoms with Crippen LogP contribution < -0.4 is 11.1 Å². The van der Waals surface area contributed by atoms with E-state index in [1.807, 2.05) is 10.9 Å². The molecule has 0 bridgehead atoms. The van der Waals surface area contributed by atoms with E-state index in [9.17, 15) is 0 Å². The van der Waals surface area contributed by atoms with Gasteiger partial charge < -0.3 is 11.1 Å². The first-order valence-electron chi connectivity index (χ1n) is 5.05. The summed E-state index contributed by atoms with van der Waals surface area (Å²) in [6.07, 6.45) is 5.24. The van der Waals surface area contributed by atoms with Crippen molar-refractivity contribution < 1.29 is 0 Å². The minimum Gasteiger partial charge on any atom is -0.384 e. The van der Waals surface area contributed by atoms with E-state index in [0.29, 0.717) is 17.8 Å². The molecule has 0 radical (unpaired) electrons. The van der Waals surface area contributed by atoms with Gasteiger partial charge in [-0.05, 0) is 19.9 Å². The minimum atomic E-state index is 0.331. The number of aromatic nitrogens is 4. The summed E-state index contributed by atoms with van der Waals surface area (Å²) in [6.45, 7) is 4.13. The van der Waals surface area contributed by atoms with Crippen molar-refractivity contribution >= 4 is 17.5 Å². The lowest BCUT2D eigenvalue weighted by atomic mass is 10.4. The highest BCUT2D eigenvalue weighted by Crippen LogP contribution is 2.14. The predicted molar refractivity (Wildman–Crippen MR) is 62.3 cm³/mol. The molecule has 0 aliphatic heterocycles. The van der Waals surface area contributed by atoms with Gasteiger partial charge in [0.15, 0.2) is 0 Å². The van der Waals surface area contributed by atoms with E-state index in [1.165, 1.54) is 0 Å². The first-order chi connectivity index (χ1) is 7.65. The molecule has 0 unspecified atom stereocenters. The van der Waals surface area contributed by atoms with Gasteiger partial charge in [0, 0.05) is 18.4 Å². The standard InChI is InChI=1S/C10H14N6/c1-7(2)16-6-8(5-13-16)14-10-12-4-3-9(11)15-10/h3-7H,1-2H3,(H3,11,12,14,15). The zero-order valence-electron chi connectivity index (χ0n) is 9.25. The summed E-state index contributed by atoms with van der Waals surface area (Å²) in [5.41, 5.74) is 6.40. The number of nitrogens with two attached hydrogens (primary N) is 1. The van der Waals surface area contributed by atoms with Crippen molar-refractivity contribution in [3.63, 3.8) is 0 Å². The Morgan fingerprint density at radius 2 is 2.25 bits per heavy atom. The van der Waals surface area contributed by atoms with E-state index in [-0.39, 0.29) is 0 Å². The van der Waals surface area contributed by atoms with Crippen LogP contribution >= 0.6 is 0 Å². The van der Waals surface area contributed by atoms with Crippen LogP contribution in [0.2, 0.25) is 0 Å². The monoisotopic (exact) mass is 218 g/mol. The van der Waals surface area contributed by atoms with E-state index >= 15 is 0 Å². The Bertz CT molecular complexity index is 476. The van der Waals surface area contributed by atoms with Gasteiger partial charge in [-0.25, -0.2) is 4.98 Å². The van der Waals surface area contributed by atoms with Gasteiger partial charge in [-0.2, -0.15) is 10.1 Å². The lowest BCUT2D eigenvalue weighted by Gasteiger charge is -2.03. The quantitative estimate of drug-likeness (QED) is 0.817. The fourth-order valence-electron chi connectivity index (χ4n) is 1.25. The summed E-state index contributed by atoms with van der Waals surface area (Å²) in [5.74, 6) is 0.914. The van der Waals surface area contributed by atoms with Gasteiger partial charge in [-0.3, -0.25) is 4.68 Å². The van der Waals surface area contributed by atoms with Crippen molar-refractivity contribution in [2.24, 2.45) is 0 Å². The Morgan fingerprint density at radius 1 is 1.44 bits per heavy atom. The molecule has 84 valence electrons. The number of rotatable bonds is 3. The van der Waals surface area contributed by atoms with E-state index in [0.717, 1.165) is 5.69 Å². The average molecular weight is 218 g/mol. The molecule has 0 atom stereocenters. The zero-order valence-corrected chi connectivity index (χ0v) is 9.25. The Hall–Kier alpha value is -2.11. The molecule has 0 saturated carbocycles. The molecule has 0 fully saturated rings. The van der Waals surface area contributed by atoms with Gasteiger partial charge in [0.1, 0.15) is 5.82 Å². The van der Waals surface area contributed by atoms with Crippen LogP contribution in [0.4, 0.5) is 17.5 Å². The van der Waals surface area contributed by atoms with Crippen LogP contribution in [0.25, 0.3) is 0 Å². The molecule has 16 heavy (non-hydrogen) atoms. The van der Waals surface area contributed by atoms with Crippen LogP contribution in [0.3, 0.4) is 0 Å². The Morgan fingerprint density at radius 3 is 2.88 bits per heavy atom. The fraction of sp³-hybridized carbons (Fsp3) is 0.300. The van der Waals surface area contributed by atoms with Crippen molar-refractivity contribution in [3.05, 3.63) is 24.7 Å². The van der Waals surface area contributed by atoms with Crippen molar-refractivity contribution in [2.45, 2.75) is 19.9 Å². The normalized spacial score (nSPS) is 10.7. The van der Waals surface area contributed by atoms with Gasteiger partial charge in [0.05, 0.1) is 11.9 Å². The maximum atomic E-state index is 5.55. The predicted octanol–water partition coefficient (Wildman–Crippen LogP) is 1.58. The van der Waals surface area contributed by atoms with Crippen LogP contribution in [0.1, 0.15) is 19.9 Å². The molecule has 0 spiro atoms. The molecule has 6 nitrogen and oxygen atoms in total. The number of nitrogens with one attached hydrogen (secondary N) is 1. The average Bonchev–Trinajstić information content (AvgIpc) is 2.66. The molecule has 0 saturated heterocycles. The maximum Gasteiger partial charge on any atom is 0.229 e. The Labute approximate surface area is 93.5 Å². The minimum absolute atomic E-state index is 0.331. The molecular weight excluding hydrogens is 204 g/mol. The summed E-state index contributed by atoms with van der Waals surface area (Å²) in [7, 11) is 0. The van der Waals surface area contributed by atoms with Gasteiger partial charge in [0.25, 0.3) is 0 Å². The highest BCUT2D eigenvalue weighted by Gasteiger charge is 2.03. The lowest BCUT2D eigenvalue weighted by molar-refractivity contribution is 0.532. The molecule has 0 amide bonds. The third-order valence-electron chi connectivity index (χ3n) is 2.06. The SMILES string of the molecule is CC(C)n1cc(Nc2nccc(N)n2)cn1. The van der Waals surface area contributed by atoms with E-state index < -0.39 is 0 Å². The zero-order chi connectivity index (χ0) is 11.5. The van der Waals surface area contributed by atoms with E-state index in [2.05, 4.69) is 34.2 Å². The second kappa shape index (κ2) is 4.18. The number of nitrogen functional groups attached to an aromatic ring is 1. The Kier molecular flexibility index (Phi) is 2.72. The summed E-state index contributed by atoms with van der Waals surface area (Å²) in [6, 6.07) is 1.97.